The number of carbonyl (C=O) groups is 1. The summed E-state index contributed by atoms with van der Waals surface area (Å²) in [4.78, 5) is 17.5. The predicted molar refractivity (Wildman–Crippen MR) is 52.8 cm³/mol. The van der Waals surface area contributed by atoms with Crippen molar-refractivity contribution in [3.8, 4) is 11.7 Å². The molecule has 0 unspecified atom stereocenters. The van der Waals surface area contributed by atoms with Crippen molar-refractivity contribution in [1.82, 2.24) is 19.7 Å². The lowest BCUT2D eigenvalue weighted by molar-refractivity contribution is -0.143. The fourth-order valence-corrected chi connectivity index (χ4v) is 1.31. The molecule has 19 heavy (non-hydrogen) atoms. The van der Waals surface area contributed by atoms with Gasteiger partial charge in [-0.3, -0.25) is 0 Å². The molecule has 0 radical (unpaired) electrons. The van der Waals surface area contributed by atoms with Crippen LogP contribution < -0.4 is 4.74 Å². The van der Waals surface area contributed by atoms with Gasteiger partial charge in [-0.2, -0.15) is 23.0 Å². The van der Waals surface area contributed by atoms with Gasteiger partial charge in [0.25, 0.3) is 5.95 Å². The van der Waals surface area contributed by atoms with Crippen LogP contribution in [-0.2, 0) is 6.18 Å². The molecule has 100 valence electrons. The van der Waals surface area contributed by atoms with Crippen molar-refractivity contribution in [2.45, 2.75) is 6.18 Å². The first-order chi connectivity index (χ1) is 8.89. The molecule has 0 aliphatic heterocycles. The normalized spacial score (nSPS) is 11.3. The van der Waals surface area contributed by atoms with Gasteiger partial charge in [0.1, 0.15) is 0 Å². The fraction of sp³-hybridized carbons (Fsp3) is 0.111. The highest BCUT2D eigenvalue weighted by Crippen LogP contribution is 2.37. The van der Waals surface area contributed by atoms with E-state index in [1.807, 2.05) is 0 Å². The quantitative estimate of drug-likeness (QED) is 0.839. The Morgan fingerprint density at radius 3 is 2.47 bits per heavy atom. The van der Waals surface area contributed by atoms with Crippen LogP contribution >= 0.6 is 0 Å². The third-order valence-corrected chi connectivity index (χ3v) is 1.94. The molecule has 1 N–H and O–H groups in total. The molecule has 0 amide bonds. The lowest BCUT2D eigenvalue weighted by Crippen LogP contribution is -2.17. The number of carboxylic acid groups (broad SMARTS) is 1. The van der Waals surface area contributed by atoms with Crippen molar-refractivity contribution in [1.29, 1.82) is 0 Å². The summed E-state index contributed by atoms with van der Waals surface area (Å²) in [6.07, 6.45) is -3.67. The van der Waals surface area contributed by atoms with Gasteiger partial charge in [0.2, 0.25) is 0 Å². The summed E-state index contributed by atoms with van der Waals surface area (Å²) in [5.74, 6) is -1.29. The van der Waals surface area contributed by atoms with Gasteiger partial charge < -0.3 is 9.84 Å². The van der Waals surface area contributed by atoms with E-state index in [0.717, 1.165) is 0 Å². The minimum Gasteiger partial charge on any atom is -0.449 e. The number of rotatable bonds is 2. The molecule has 0 atom stereocenters. The van der Waals surface area contributed by atoms with Crippen molar-refractivity contribution in [2.24, 2.45) is 0 Å². The van der Waals surface area contributed by atoms with Gasteiger partial charge in [0.05, 0.1) is 6.20 Å². The molecule has 2 heterocycles. The van der Waals surface area contributed by atoms with E-state index in [2.05, 4.69) is 19.8 Å². The molecule has 2 aromatic heterocycles. The van der Waals surface area contributed by atoms with E-state index >= 15 is 0 Å². The first kappa shape index (κ1) is 12.8. The van der Waals surface area contributed by atoms with Crippen LogP contribution in [0.1, 0.15) is 5.69 Å². The van der Waals surface area contributed by atoms with Crippen LogP contribution in [0.5, 0.6) is 5.75 Å². The summed E-state index contributed by atoms with van der Waals surface area (Å²) >= 11 is 0. The van der Waals surface area contributed by atoms with E-state index in [0.29, 0.717) is 10.9 Å². The van der Waals surface area contributed by atoms with E-state index < -0.39 is 23.8 Å². The van der Waals surface area contributed by atoms with E-state index in [4.69, 9.17) is 5.11 Å². The van der Waals surface area contributed by atoms with Crippen LogP contribution in [0, 0.1) is 0 Å². The number of alkyl halides is 3. The second-order valence-electron chi connectivity index (χ2n) is 3.18. The van der Waals surface area contributed by atoms with Crippen LogP contribution in [0.4, 0.5) is 18.0 Å². The van der Waals surface area contributed by atoms with Crippen molar-refractivity contribution in [3.05, 3.63) is 30.4 Å². The zero-order valence-electron chi connectivity index (χ0n) is 9.00. The largest absolute Gasteiger partial charge is 0.511 e. The second-order valence-corrected chi connectivity index (χ2v) is 3.18. The maximum Gasteiger partial charge on any atom is 0.511 e. The maximum absolute atomic E-state index is 12.9. The van der Waals surface area contributed by atoms with Gasteiger partial charge in [-0.15, -0.1) is 0 Å². The Balaban J connectivity index is 2.57. The topological polar surface area (TPSA) is 90.1 Å². The molecular formula is C9H5F3N4O3. The zero-order chi connectivity index (χ0) is 14.0. The molecule has 0 spiro atoms. The van der Waals surface area contributed by atoms with Crippen LogP contribution in [0.25, 0.3) is 5.95 Å². The minimum atomic E-state index is -4.87. The highest BCUT2D eigenvalue weighted by Gasteiger charge is 2.41. The highest BCUT2D eigenvalue weighted by atomic mass is 19.4. The molecule has 0 saturated carbocycles. The molecule has 2 aromatic rings. The number of halogens is 3. The van der Waals surface area contributed by atoms with E-state index in [1.54, 1.807) is 0 Å². The molecule has 0 aliphatic rings. The lowest BCUT2D eigenvalue weighted by atomic mass is 10.4. The third-order valence-electron chi connectivity index (χ3n) is 1.94. The summed E-state index contributed by atoms with van der Waals surface area (Å²) in [6, 6.07) is 1.41. The summed E-state index contributed by atoms with van der Waals surface area (Å²) in [7, 11) is 0. The Labute approximate surface area is 103 Å². The number of nitrogens with zero attached hydrogens (tertiary/aromatic N) is 4. The monoisotopic (exact) mass is 274 g/mol. The fourth-order valence-electron chi connectivity index (χ4n) is 1.31. The summed E-state index contributed by atoms with van der Waals surface area (Å²) in [6.45, 7) is 0. The first-order valence-corrected chi connectivity index (χ1v) is 4.73. The van der Waals surface area contributed by atoms with Crippen LogP contribution in [0.15, 0.2) is 24.7 Å². The molecule has 0 saturated heterocycles. The van der Waals surface area contributed by atoms with E-state index in [-0.39, 0.29) is 5.95 Å². The van der Waals surface area contributed by atoms with Gasteiger partial charge in [0.15, 0.2) is 11.4 Å². The molecular weight excluding hydrogens is 269 g/mol. The van der Waals surface area contributed by atoms with Crippen LogP contribution in [0.3, 0.4) is 0 Å². The van der Waals surface area contributed by atoms with Gasteiger partial charge in [0, 0.05) is 12.4 Å². The maximum atomic E-state index is 12.9. The molecule has 2 rings (SSSR count). The zero-order valence-corrected chi connectivity index (χ0v) is 9.00. The van der Waals surface area contributed by atoms with Gasteiger partial charge in [-0.25, -0.2) is 14.8 Å². The third kappa shape index (κ3) is 2.61. The van der Waals surface area contributed by atoms with Crippen molar-refractivity contribution in [2.75, 3.05) is 0 Å². The Morgan fingerprint density at radius 1 is 1.32 bits per heavy atom. The Bertz CT molecular complexity index is 597. The van der Waals surface area contributed by atoms with Gasteiger partial charge >= 0.3 is 12.3 Å². The lowest BCUT2D eigenvalue weighted by Gasteiger charge is -2.10. The number of hydrogen-bond acceptors (Lipinski definition) is 5. The molecule has 7 nitrogen and oxygen atoms in total. The Kier molecular flexibility index (Phi) is 3.07. The van der Waals surface area contributed by atoms with Gasteiger partial charge in [-0.05, 0) is 6.07 Å². The Hall–Kier alpha value is -2.65. The van der Waals surface area contributed by atoms with Crippen molar-refractivity contribution < 1.29 is 27.8 Å². The van der Waals surface area contributed by atoms with Crippen molar-refractivity contribution in [3.63, 3.8) is 0 Å². The summed E-state index contributed by atoms with van der Waals surface area (Å²) < 4.78 is 43.1. The van der Waals surface area contributed by atoms with Gasteiger partial charge in [-0.1, -0.05) is 0 Å². The van der Waals surface area contributed by atoms with Crippen LogP contribution in [0.2, 0.25) is 0 Å². The molecule has 0 bridgehead atoms. The van der Waals surface area contributed by atoms with Crippen molar-refractivity contribution >= 4 is 6.16 Å². The average molecular weight is 274 g/mol. The Morgan fingerprint density at radius 2 is 1.95 bits per heavy atom. The number of hydrogen-bond donors (Lipinski definition) is 1. The predicted octanol–water partition coefficient (Wildman–Crippen LogP) is 1.74. The van der Waals surface area contributed by atoms with E-state index in [9.17, 15) is 18.0 Å². The smallest absolute Gasteiger partial charge is 0.449 e. The number of aromatic nitrogens is 4. The average Bonchev–Trinajstić information content (AvgIpc) is 2.72. The molecule has 10 heteroatoms. The SMILES string of the molecule is O=C(O)Oc1cnn(-c2ncccn2)c1C(F)(F)F. The molecule has 0 fully saturated rings. The summed E-state index contributed by atoms with van der Waals surface area (Å²) in [5, 5.41) is 11.8. The summed E-state index contributed by atoms with van der Waals surface area (Å²) in [5.41, 5.74) is -1.40. The molecule has 0 aliphatic carbocycles. The second kappa shape index (κ2) is 4.55. The van der Waals surface area contributed by atoms with E-state index in [1.165, 1.54) is 18.5 Å². The highest BCUT2D eigenvalue weighted by molar-refractivity contribution is 5.61. The standard InChI is InChI=1S/C9H5F3N4O3/c10-9(11,12)6-5(19-8(17)18)4-15-16(6)7-13-2-1-3-14-7/h1-4H,(H,17,18). The first-order valence-electron chi connectivity index (χ1n) is 4.73. The van der Waals surface area contributed by atoms with Crippen LogP contribution in [-0.4, -0.2) is 31.0 Å². The molecule has 0 aromatic carbocycles. The minimum absolute atomic E-state index is 0.352. The number of ether oxygens (including phenoxy) is 1.